The van der Waals surface area contributed by atoms with E-state index in [0.29, 0.717) is 18.1 Å². The highest BCUT2D eigenvalue weighted by Gasteiger charge is 2.12. The van der Waals surface area contributed by atoms with Crippen molar-refractivity contribution in [3.8, 4) is 17.6 Å². The zero-order valence-corrected chi connectivity index (χ0v) is 12.9. The molecular formula is C14H19BrN2O2. The fourth-order valence-corrected chi connectivity index (χ4v) is 2.24. The summed E-state index contributed by atoms with van der Waals surface area (Å²) >= 11 is 3.46. The summed E-state index contributed by atoms with van der Waals surface area (Å²) in [5.41, 5.74) is 1.12. The summed E-state index contributed by atoms with van der Waals surface area (Å²) < 4.78 is 11.8. The monoisotopic (exact) mass is 326 g/mol. The molecule has 0 saturated heterocycles. The van der Waals surface area contributed by atoms with Gasteiger partial charge in [0.2, 0.25) is 0 Å². The Labute approximate surface area is 122 Å². The van der Waals surface area contributed by atoms with Gasteiger partial charge in [-0.05, 0) is 53.5 Å². The Morgan fingerprint density at radius 2 is 2.11 bits per heavy atom. The van der Waals surface area contributed by atoms with E-state index in [1.807, 2.05) is 25.1 Å². The fourth-order valence-electron chi connectivity index (χ4n) is 1.64. The van der Waals surface area contributed by atoms with E-state index in [9.17, 15) is 0 Å². The second-order valence-corrected chi connectivity index (χ2v) is 4.82. The molecule has 0 unspecified atom stereocenters. The Hall–Kier alpha value is -1.25. The minimum atomic E-state index is 0.00606. The number of ether oxygens (including phenoxy) is 2. The van der Waals surface area contributed by atoms with Crippen LogP contribution in [0.3, 0.4) is 0 Å². The highest BCUT2D eigenvalue weighted by molar-refractivity contribution is 9.10. The molecule has 1 aromatic rings. The highest BCUT2D eigenvalue weighted by Crippen LogP contribution is 2.36. The SMILES string of the molecule is CCCNCc1cc(Br)c(OCC#N)c(OCC)c1. The van der Waals surface area contributed by atoms with Gasteiger partial charge in [0.15, 0.2) is 18.1 Å². The second-order valence-electron chi connectivity index (χ2n) is 3.96. The van der Waals surface area contributed by atoms with Crippen LogP contribution in [0.25, 0.3) is 0 Å². The second kappa shape index (κ2) is 8.78. The molecule has 0 saturated carbocycles. The van der Waals surface area contributed by atoms with Crippen molar-refractivity contribution in [1.82, 2.24) is 5.32 Å². The van der Waals surface area contributed by atoms with Gasteiger partial charge in [0.1, 0.15) is 6.07 Å². The third-order valence-electron chi connectivity index (χ3n) is 2.41. The zero-order chi connectivity index (χ0) is 14.1. The largest absolute Gasteiger partial charge is 0.490 e. The lowest BCUT2D eigenvalue weighted by Gasteiger charge is -2.14. The molecule has 0 aliphatic carbocycles. The van der Waals surface area contributed by atoms with Gasteiger partial charge in [0.05, 0.1) is 11.1 Å². The van der Waals surface area contributed by atoms with Gasteiger partial charge >= 0.3 is 0 Å². The van der Waals surface area contributed by atoms with Gasteiger partial charge in [-0.3, -0.25) is 0 Å². The fraction of sp³-hybridized carbons (Fsp3) is 0.500. The number of hydrogen-bond acceptors (Lipinski definition) is 4. The minimum absolute atomic E-state index is 0.00606. The Balaban J connectivity index is 2.89. The molecule has 0 bridgehead atoms. The molecule has 4 nitrogen and oxygen atoms in total. The summed E-state index contributed by atoms with van der Waals surface area (Å²) in [4.78, 5) is 0. The number of halogens is 1. The van der Waals surface area contributed by atoms with Crippen LogP contribution in [0.4, 0.5) is 0 Å². The highest BCUT2D eigenvalue weighted by atomic mass is 79.9. The summed E-state index contributed by atoms with van der Waals surface area (Å²) in [5, 5.41) is 11.9. The van der Waals surface area contributed by atoms with Crippen LogP contribution >= 0.6 is 15.9 Å². The van der Waals surface area contributed by atoms with E-state index in [4.69, 9.17) is 14.7 Å². The van der Waals surface area contributed by atoms with E-state index >= 15 is 0 Å². The van der Waals surface area contributed by atoms with Crippen LogP contribution in [0.5, 0.6) is 11.5 Å². The molecule has 19 heavy (non-hydrogen) atoms. The van der Waals surface area contributed by atoms with Crippen LogP contribution in [-0.4, -0.2) is 19.8 Å². The predicted molar refractivity (Wildman–Crippen MR) is 78.4 cm³/mol. The molecule has 104 valence electrons. The first kappa shape index (κ1) is 15.8. The molecule has 1 rings (SSSR count). The van der Waals surface area contributed by atoms with E-state index in [1.165, 1.54) is 0 Å². The van der Waals surface area contributed by atoms with E-state index in [0.717, 1.165) is 29.5 Å². The average Bonchev–Trinajstić information content (AvgIpc) is 2.38. The Bertz CT molecular complexity index is 444. The van der Waals surface area contributed by atoms with Crippen LogP contribution in [0, 0.1) is 11.3 Å². The van der Waals surface area contributed by atoms with E-state index < -0.39 is 0 Å². The average molecular weight is 327 g/mol. The molecule has 0 aliphatic rings. The number of nitrogens with zero attached hydrogens (tertiary/aromatic N) is 1. The molecule has 0 amide bonds. The molecule has 0 aliphatic heterocycles. The first-order valence-electron chi connectivity index (χ1n) is 6.38. The number of nitriles is 1. The quantitative estimate of drug-likeness (QED) is 0.745. The Morgan fingerprint density at radius 1 is 1.32 bits per heavy atom. The topological polar surface area (TPSA) is 54.3 Å². The van der Waals surface area contributed by atoms with Crippen LogP contribution in [0.2, 0.25) is 0 Å². The normalized spacial score (nSPS) is 10.0. The van der Waals surface area contributed by atoms with Crippen LogP contribution in [0.15, 0.2) is 16.6 Å². The van der Waals surface area contributed by atoms with Crippen molar-refractivity contribution in [2.45, 2.75) is 26.8 Å². The first-order valence-corrected chi connectivity index (χ1v) is 7.17. The van der Waals surface area contributed by atoms with Gasteiger partial charge in [-0.2, -0.15) is 5.26 Å². The maximum Gasteiger partial charge on any atom is 0.176 e. The van der Waals surface area contributed by atoms with Crippen LogP contribution in [0.1, 0.15) is 25.8 Å². The maximum absolute atomic E-state index is 8.60. The molecular weight excluding hydrogens is 308 g/mol. The van der Waals surface area contributed by atoms with E-state index in [-0.39, 0.29) is 6.61 Å². The number of nitrogens with one attached hydrogen (secondary N) is 1. The van der Waals surface area contributed by atoms with E-state index in [2.05, 4.69) is 28.2 Å². The summed E-state index contributed by atoms with van der Waals surface area (Å²) in [5.74, 6) is 1.25. The van der Waals surface area contributed by atoms with Crippen molar-refractivity contribution >= 4 is 15.9 Å². The summed E-state index contributed by atoms with van der Waals surface area (Å²) in [7, 11) is 0. The van der Waals surface area contributed by atoms with Crippen molar-refractivity contribution in [3.05, 3.63) is 22.2 Å². The van der Waals surface area contributed by atoms with Gasteiger partial charge < -0.3 is 14.8 Å². The molecule has 5 heteroatoms. The van der Waals surface area contributed by atoms with Crippen molar-refractivity contribution in [3.63, 3.8) is 0 Å². The molecule has 0 aromatic heterocycles. The Morgan fingerprint density at radius 3 is 2.74 bits per heavy atom. The van der Waals surface area contributed by atoms with Crippen LogP contribution < -0.4 is 14.8 Å². The molecule has 0 spiro atoms. The first-order chi connectivity index (χ1) is 9.22. The van der Waals surface area contributed by atoms with E-state index in [1.54, 1.807) is 0 Å². The van der Waals surface area contributed by atoms with Crippen LogP contribution in [-0.2, 0) is 6.54 Å². The zero-order valence-electron chi connectivity index (χ0n) is 11.3. The molecule has 1 N–H and O–H groups in total. The van der Waals surface area contributed by atoms with Crippen molar-refractivity contribution in [1.29, 1.82) is 5.26 Å². The smallest absolute Gasteiger partial charge is 0.176 e. The lowest BCUT2D eigenvalue weighted by molar-refractivity contribution is 0.297. The Kier molecular flexibility index (Phi) is 7.31. The molecule has 1 aromatic carbocycles. The van der Waals surface area contributed by atoms with Crippen molar-refractivity contribution < 1.29 is 9.47 Å². The molecule has 0 atom stereocenters. The number of hydrogen-bond donors (Lipinski definition) is 1. The third kappa shape index (κ3) is 5.09. The summed E-state index contributed by atoms with van der Waals surface area (Å²) in [6, 6.07) is 5.89. The van der Waals surface area contributed by atoms with Crippen molar-refractivity contribution in [2.75, 3.05) is 19.8 Å². The van der Waals surface area contributed by atoms with Gasteiger partial charge in [-0.25, -0.2) is 0 Å². The standard InChI is InChI=1S/C14H19BrN2O2/c1-3-6-17-10-11-8-12(15)14(19-7-5-16)13(9-11)18-4-2/h8-9,17H,3-4,6-7,10H2,1-2H3. The van der Waals surface area contributed by atoms with Gasteiger partial charge in [0, 0.05) is 6.54 Å². The number of benzene rings is 1. The van der Waals surface area contributed by atoms with Gasteiger partial charge in [-0.15, -0.1) is 0 Å². The predicted octanol–water partition coefficient (Wildman–Crippen LogP) is 3.25. The lowest BCUT2D eigenvalue weighted by Crippen LogP contribution is -2.14. The van der Waals surface area contributed by atoms with Gasteiger partial charge in [0.25, 0.3) is 0 Å². The third-order valence-corrected chi connectivity index (χ3v) is 3.00. The lowest BCUT2D eigenvalue weighted by atomic mass is 10.2. The molecule has 0 heterocycles. The van der Waals surface area contributed by atoms with Crippen molar-refractivity contribution in [2.24, 2.45) is 0 Å². The number of rotatable bonds is 8. The summed E-state index contributed by atoms with van der Waals surface area (Å²) in [6.07, 6.45) is 1.10. The van der Waals surface area contributed by atoms with Gasteiger partial charge in [-0.1, -0.05) is 6.92 Å². The molecule has 0 fully saturated rings. The molecule has 0 radical (unpaired) electrons. The minimum Gasteiger partial charge on any atom is -0.490 e. The summed E-state index contributed by atoms with van der Waals surface area (Å²) in [6.45, 7) is 6.38. The maximum atomic E-state index is 8.60.